The van der Waals surface area contributed by atoms with Crippen LogP contribution in [-0.2, 0) is 26.2 Å². The Labute approximate surface area is 203 Å². The number of anilines is 1. The van der Waals surface area contributed by atoms with Gasteiger partial charge in [0.15, 0.2) is 0 Å². The smallest absolute Gasteiger partial charge is 0.244 e. The number of para-hydroxylation sites is 1. The van der Waals surface area contributed by atoms with Crippen LogP contribution in [0.1, 0.15) is 32.3 Å². The quantitative estimate of drug-likeness (QED) is 0.470. The summed E-state index contributed by atoms with van der Waals surface area (Å²) in [6, 6.07) is 11.5. The van der Waals surface area contributed by atoms with Crippen LogP contribution in [-0.4, -0.2) is 50.5 Å². The van der Waals surface area contributed by atoms with E-state index in [0.717, 1.165) is 17.0 Å². The van der Waals surface area contributed by atoms with E-state index in [1.54, 1.807) is 31.2 Å². The molecule has 0 aliphatic carbocycles. The van der Waals surface area contributed by atoms with Gasteiger partial charge in [-0.15, -0.1) is 0 Å². The Kier molecular flexibility index (Phi) is 9.85. The van der Waals surface area contributed by atoms with Gasteiger partial charge in [0, 0.05) is 17.6 Å². The van der Waals surface area contributed by atoms with E-state index in [9.17, 15) is 22.4 Å². The zero-order valence-corrected chi connectivity index (χ0v) is 21.3. The average molecular weight is 542 g/mol. The highest BCUT2D eigenvalue weighted by Crippen LogP contribution is 2.28. The van der Waals surface area contributed by atoms with Gasteiger partial charge in [0.05, 0.1) is 11.9 Å². The molecule has 2 aromatic rings. The molecule has 7 nitrogen and oxygen atoms in total. The van der Waals surface area contributed by atoms with Crippen LogP contribution in [0.25, 0.3) is 0 Å². The molecule has 2 amide bonds. The number of hydrogen-bond acceptors (Lipinski definition) is 4. The molecule has 2 rings (SSSR count). The lowest BCUT2D eigenvalue weighted by Gasteiger charge is -2.33. The van der Waals surface area contributed by atoms with E-state index < -0.39 is 34.3 Å². The third-order valence-electron chi connectivity index (χ3n) is 5.00. The second-order valence-corrected chi connectivity index (χ2v) is 10.3. The summed E-state index contributed by atoms with van der Waals surface area (Å²) in [5.74, 6) is -1.28. The van der Waals surface area contributed by atoms with Crippen LogP contribution < -0.4 is 9.62 Å². The van der Waals surface area contributed by atoms with Gasteiger partial charge < -0.3 is 10.2 Å². The van der Waals surface area contributed by atoms with E-state index in [-0.39, 0.29) is 12.5 Å². The van der Waals surface area contributed by atoms with Gasteiger partial charge in [0.1, 0.15) is 18.4 Å². The van der Waals surface area contributed by atoms with Crippen LogP contribution >= 0.6 is 15.9 Å². The fourth-order valence-electron chi connectivity index (χ4n) is 3.32. The summed E-state index contributed by atoms with van der Waals surface area (Å²) < 4.78 is 40.0. The number of halogens is 2. The number of hydrogen-bond donors (Lipinski definition) is 1. The van der Waals surface area contributed by atoms with Crippen molar-refractivity contribution in [2.75, 3.05) is 23.7 Å². The predicted octanol–water partition coefficient (Wildman–Crippen LogP) is 3.69. The molecule has 0 saturated heterocycles. The first-order valence-electron chi connectivity index (χ1n) is 10.6. The summed E-state index contributed by atoms with van der Waals surface area (Å²) >= 11 is 3.34. The first-order chi connectivity index (χ1) is 15.6. The van der Waals surface area contributed by atoms with Crippen molar-refractivity contribution < 1.29 is 22.4 Å². The number of carbonyl (C=O) groups excluding carboxylic acids is 2. The molecule has 1 N–H and O–H groups in total. The maximum absolute atomic E-state index is 13.5. The number of nitrogens with one attached hydrogen (secondary N) is 1. The van der Waals surface area contributed by atoms with E-state index in [2.05, 4.69) is 21.2 Å². The molecule has 33 heavy (non-hydrogen) atoms. The number of sulfonamides is 1. The molecule has 0 aromatic heterocycles. The van der Waals surface area contributed by atoms with E-state index in [0.29, 0.717) is 28.7 Å². The van der Waals surface area contributed by atoms with Crippen LogP contribution in [0.3, 0.4) is 0 Å². The topological polar surface area (TPSA) is 86.8 Å². The molecular weight excluding hydrogens is 513 g/mol. The van der Waals surface area contributed by atoms with Gasteiger partial charge >= 0.3 is 0 Å². The highest BCUT2D eigenvalue weighted by molar-refractivity contribution is 9.10. The summed E-state index contributed by atoms with van der Waals surface area (Å²) in [7, 11) is -3.81. The largest absolute Gasteiger partial charge is 0.354 e. The zero-order chi connectivity index (χ0) is 24.6. The summed E-state index contributed by atoms with van der Waals surface area (Å²) in [6.45, 7) is 3.71. The van der Waals surface area contributed by atoms with Gasteiger partial charge in [-0.1, -0.05) is 38.1 Å². The van der Waals surface area contributed by atoms with E-state index >= 15 is 0 Å². The number of amides is 2. The zero-order valence-electron chi connectivity index (χ0n) is 18.9. The van der Waals surface area contributed by atoms with Crippen LogP contribution in [0.15, 0.2) is 53.0 Å². The van der Waals surface area contributed by atoms with Crippen LogP contribution in [0.5, 0.6) is 0 Å². The van der Waals surface area contributed by atoms with Gasteiger partial charge in [-0.05, 0) is 58.6 Å². The van der Waals surface area contributed by atoms with Gasteiger partial charge in [-0.3, -0.25) is 13.9 Å². The maximum Gasteiger partial charge on any atom is 0.244 e. The van der Waals surface area contributed by atoms with Crippen molar-refractivity contribution in [1.29, 1.82) is 0 Å². The summed E-state index contributed by atoms with van der Waals surface area (Å²) in [5.41, 5.74) is 0.942. The molecule has 0 unspecified atom stereocenters. The fourth-order valence-corrected chi connectivity index (χ4v) is 4.80. The molecule has 180 valence electrons. The fraction of sp³-hybridized carbons (Fsp3) is 0.391. The summed E-state index contributed by atoms with van der Waals surface area (Å²) in [4.78, 5) is 27.7. The van der Waals surface area contributed by atoms with E-state index in [4.69, 9.17) is 0 Å². The van der Waals surface area contributed by atoms with Crippen molar-refractivity contribution in [2.45, 2.75) is 39.3 Å². The van der Waals surface area contributed by atoms with Gasteiger partial charge in [0.25, 0.3) is 0 Å². The molecule has 0 heterocycles. The molecule has 0 fully saturated rings. The maximum atomic E-state index is 13.5. The third-order valence-corrected chi connectivity index (χ3v) is 6.80. The average Bonchev–Trinajstić information content (AvgIpc) is 2.77. The number of carbonyl (C=O) groups is 2. The number of benzene rings is 2. The lowest BCUT2D eigenvalue weighted by Crippen LogP contribution is -2.52. The van der Waals surface area contributed by atoms with Crippen molar-refractivity contribution in [3.05, 3.63) is 64.4 Å². The van der Waals surface area contributed by atoms with Crippen molar-refractivity contribution in [3.63, 3.8) is 0 Å². The highest BCUT2D eigenvalue weighted by Gasteiger charge is 2.32. The van der Waals surface area contributed by atoms with Crippen molar-refractivity contribution in [1.82, 2.24) is 10.2 Å². The monoisotopic (exact) mass is 541 g/mol. The molecule has 0 aliphatic heterocycles. The molecule has 1 atom stereocenters. The predicted molar refractivity (Wildman–Crippen MR) is 131 cm³/mol. The lowest BCUT2D eigenvalue weighted by atomic mass is 10.1. The molecule has 0 spiro atoms. The molecule has 0 aliphatic rings. The van der Waals surface area contributed by atoms with Crippen molar-refractivity contribution in [3.8, 4) is 0 Å². The Bertz CT molecular complexity index is 1060. The minimum atomic E-state index is -3.81. The first kappa shape index (κ1) is 26.8. The Morgan fingerprint density at radius 2 is 1.73 bits per heavy atom. The van der Waals surface area contributed by atoms with Gasteiger partial charge in [-0.25, -0.2) is 12.8 Å². The second-order valence-electron chi connectivity index (χ2n) is 7.58. The Balaban J connectivity index is 2.42. The SMILES string of the molecule is CCCNC(=O)[C@H](CC)N(Cc1ccc(F)cc1)C(=O)CN(c1ccccc1Br)S(C)(=O)=O. The highest BCUT2D eigenvalue weighted by atomic mass is 79.9. The molecular formula is C23H29BrFN3O4S. The Morgan fingerprint density at radius 1 is 1.09 bits per heavy atom. The van der Waals surface area contributed by atoms with Crippen LogP contribution in [0, 0.1) is 5.82 Å². The van der Waals surface area contributed by atoms with Gasteiger partial charge in [-0.2, -0.15) is 0 Å². The summed E-state index contributed by atoms with van der Waals surface area (Å²) in [5, 5.41) is 2.81. The van der Waals surface area contributed by atoms with Crippen molar-refractivity contribution in [2.24, 2.45) is 0 Å². The second kappa shape index (κ2) is 12.1. The Morgan fingerprint density at radius 3 is 2.27 bits per heavy atom. The number of nitrogens with zero attached hydrogens (tertiary/aromatic N) is 2. The van der Waals surface area contributed by atoms with E-state index in [1.807, 2.05) is 6.92 Å². The molecule has 2 aromatic carbocycles. The van der Waals surface area contributed by atoms with Crippen LogP contribution in [0.4, 0.5) is 10.1 Å². The minimum absolute atomic E-state index is 0.0325. The first-order valence-corrected chi connectivity index (χ1v) is 13.3. The van der Waals surface area contributed by atoms with Gasteiger partial charge in [0.2, 0.25) is 21.8 Å². The minimum Gasteiger partial charge on any atom is -0.354 e. The number of rotatable bonds is 11. The molecule has 10 heteroatoms. The standard InChI is InChI=1S/C23H29BrFN3O4S/c1-4-14-26-23(30)20(5-2)27(15-17-10-12-18(25)13-11-17)22(29)16-28(33(3,31)32)21-9-7-6-8-19(21)24/h6-13,20H,4-5,14-16H2,1-3H3,(H,26,30)/t20-/m0/s1. The molecule has 0 bridgehead atoms. The molecule has 0 saturated carbocycles. The van der Waals surface area contributed by atoms with Crippen LogP contribution in [0.2, 0.25) is 0 Å². The third kappa shape index (κ3) is 7.53. The normalized spacial score (nSPS) is 12.2. The summed E-state index contributed by atoms with van der Waals surface area (Å²) in [6.07, 6.45) is 2.09. The van der Waals surface area contributed by atoms with E-state index in [1.165, 1.54) is 29.2 Å². The lowest BCUT2D eigenvalue weighted by molar-refractivity contribution is -0.140. The Hall–Kier alpha value is -2.46. The molecule has 0 radical (unpaired) electrons. The van der Waals surface area contributed by atoms with Crippen molar-refractivity contribution >= 4 is 43.5 Å².